The van der Waals surface area contributed by atoms with E-state index >= 15 is 0 Å². The molecular formula is C11H10F3NO2. The molecular weight excluding hydrogens is 235 g/mol. The van der Waals surface area contributed by atoms with Gasteiger partial charge in [0.25, 0.3) is 5.91 Å². The number of hydrogen-bond donors (Lipinski definition) is 0. The van der Waals surface area contributed by atoms with Gasteiger partial charge in [0.2, 0.25) is 0 Å². The smallest absolute Gasteiger partial charge is 0.406 e. The normalized spacial score (nSPS) is 15.8. The SMILES string of the molecule is CN1CCc2ccc(OC(F)(F)F)cc2C1=O. The van der Waals surface area contributed by atoms with Gasteiger partial charge < -0.3 is 9.64 Å². The van der Waals surface area contributed by atoms with Gasteiger partial charge in [0.1, 0.15) is 5.75 Å². The standard InChI is InChI=1S/C11H10F3NO2/c1-15-5-4-7-2-3-8(17-11(12,13)14)6-9(7)10(15)16/h2-3,6H,4-5H2,1H3. The van der Waals surface area contributed by atoms with Gasteiger partial charge in [-0.05, 0) is 24.1 Å². The molecule has 0 bridgehead atoms. The quantitative estimate of drug-likeness (QED) is 0.759. The molecule has 0 aliphatic carbocycles. The van der Waals surface area contributed by atoms with Crippen molar-refractivity contribution in [2.24, 2.45) is 0 Å². The van der Waals surface area contributed by atoms with Crippen molar-refractivity contribution in [1.29, 1.82) is 0 Å². The number of rotatable bonds is 1. The number of alkyl halides is 3. The van der Waals surface area contributed by atoms with Gasteiger partial charge in [-0.2, -0.15) is 0 Å². The summed E-state index contributed by atoms with van der Waals surface area (Å²) in [6.45, 7) is 0.575. The maximum absolute atomic E-state index is 12.0. The number of carbonyl (C=O) groups is 1. The molecule has 1 aliphatic heterocycles. The molecule has 3 nitrogen and oxygen atoms in total. The fraction of sp³-hybridized carbons (Fsp3) is 0.364. The minimum atomic E-state index is -4.74. The van der Waals surface area contributed by atoms with E-state index in [2.05, 4.69) is 4.74 Å². The van der Waals surface area contributed by atoms with Crippen LogP contribution in [0.15, 0.2) is 18.2 Å². The third-order valence-electron chi connectivity index (χ3n) is 2.61. The van der Waals surface area contributed by atoms with Crippen LogP contribution in [-0.2, 0) is 6.42 Å². The number of fused-ring (bicyclic) bond motifs is 1. The molecule has 0 atom stereocenters. The number of halogens is 3. The van der Waals surface area contributed by atoms with Crippen LogP contribution < -0.4 is 4.74 Å². The molecule has 0 unspecified atom stereocenters. The molecule has 0 saturated heterocycles. The Morgan fingerprint density at radius 2 is 2.06 bits per heavy atom. The van der Waals surface area contributed by atoms with Gasteiger partial charge >= 0.3 is 6.36 Å². The van der Waals surface area contributed by atoms with E-state index in [1.165, 1.54) is 17.0 Å². The van der Waals surface area contributed by atoms with Gasteiger partial charge in [0.05, 0.1) is 0 Å². The molecule has 0 fully saturated rings. The summed E-state index contributed by atoms with van der Waals surface area (Å²) in [5, 5.41) is 0. The fourth-order valence-corrected chi connectivity index (χ4v) is 1.77. The van der Waals surface area contributed by atoms with Crippen LogP contribution >= 0.6 is 0 Å². The predicted molar refractivity (Wildman–Crippen MR) is 53.8 cm³/mol. The molecule has 0 aromatic heterocycles. The van der Waals surface area contributed by atoms with Crippen LogP contribution in [0, 0.1) is 0 Å². The van der Waals surface area contributed by atoms with E-state index in [0.29, 0.717) is 13.0 Å². The summed E-state index contributed by atoms with van der Waals surface area (Å²) in [5.74, 6) is -0.640. The minimum Gasteiger partial charge on any atom is -0.406 e. The van der Waals surface area contributed by atoms with Crippen LogP contribution in [0.4, 0.5) is 13.2 Å². The lowest BCUT2D eigenvalue weighted by atomic mass is 9.99. The average Bonchev–Trinajstić information content (AvgIpc) is 2.22. The van der Waals surface area contributed by atoms with E-state index in [1.54, 1.807) is 7.05 Å². The lowest BCUT2D eigenvalue weighted by molar-refractivity contribution is -0.274. The van der Waals surface area contributed by atoms with Gasteiger partial charge in [-0.3, -0.25) is 4.79 Å². The van der Waals surface area contributed by atoms with E-state index in [9.17, 15) is 18.0 Å². The molecule has 17 heavy (non-hydrogen) atoms. The molecule has 2 rings (SSSR count). The maximum Gasteiger partial charge on any atom is 0.573 e. The lowest BCUT2D eigenvalue weighted by Crippen LogP contribution is -2.34. The molecule has 0 saturated carbocycles. The molecule has 6 heteroatoms. The van der Waals surface area contributed by atoms with Crippen molar-refractivity contribution in [3.05, 3.63) is 29.3 Å². The summed E-state index contributed by atoms with van der Waals surface area (Å²) in [6.07, 6.45) is -4.10. The third kappa shape index (κ3) is 2.51. The number of likely N-dealkylation sites (N-methyl/N-ethyl adjacent to an activating group) is 1. The first-order valence-electron chi connectivity index (χ1n) is 5.01. The zero-order valence-electron chi connectivity index (χ0n) is 9.04. The molecule has 0 radical (unpaired) electrons. The summed E-state index contributed by atoms with van der Waals surface area (Å²) in [5.41, 5.74) is 1.03. The molecule has 0 N–H and O–H groups in total. The molecule has 0 spiro atoms. The molecule has 1 aromatic rings. The Bertz CT molecular complexity index is 457. The lowest BCUT2D eigenvalue weighted by Gasteiger charge is -2.25. The third-order valence-corrected chi connectivity index (χ3v) is 2.61. The van der Waals surface area contributed by atoms with Crippen LogP contribution in [0.25, 0.3) is 0 Å². The van der Waals surface area contributed by atoms with Crippen molar-refractivity contribution in [1.82, 2.24) is 4.90 Å². The first-order valence-corrected chi connectivity index (χ1v) is 5.01. The summed E-state index contributed by atoms with van der Waals surface area (Å²) in [6, 6.07) is 3.87. The highest BCUT2D eigenvalue weighted by atomic mass is 19.4. The Balaban J connectivity index is 2.33. The monoisotopic (exact) mass is 245 g/mol. The van der Waals surface area contributed by atoms with E-state index in [0.717, 1.165) is 11.6 Å². The van der Waals surface area contributed by atoms with Crippen molar-refractivity contribution in [3.63, 3.8) is 0 Å². The molecule has 1 amide bonds. The van der Waals surface area contributed by atoms with Crippen LogP contribution in [0.2, 0.25) is 0 Å². The number of amides is 1. The minimum absolute atomic E-state index is 0.278. The average molecular weight is 245 g/mol. The number of ether oxygens (including phenoxy) is 1. The second-order valence-corrected chi connectivity index (χ2v) is 3.84. The Kier molecular flexibility index (Phi) is 2.73. The summed E-state index contributed by atoms with van der Waals surface area (Å²) in [4.78, 5) is 13.2. The largest absolute Gasteiger partial charge is 0.573 e. The van der Waals surface area contributed by atoms with Gasteiger partial charge in [-0.25, -0.2) is 0 Å². The fourth-order valence-electron chi connectivity index (χ4n) is 1.77. The Morgan fingerprint density at radius 3 is 2.71 bits per heavy atom. The zero-order valence-corrected chi connectivity index (χ0v) is 9.04. The number of benzene rings is 1. The second kappa shape index (κ2) is 3.94. The molecule has 1 aromatic carbocycles. The summed E-state index contributed by atoms with van der Waals surface area (Å²) < 4.78 is 39.9. The number of hydrogen-bond acceptors (Lipinski definition) is 2. The van der Waals surface area contributed by atoms with Gasteiger partial charge in [0, 0.05) is 19.2 Å². The predicted octanol–water partition coefficient (Wildman–Crippen LogP) is 2.21. The first-order chi connectivity index (χ1) is 7.87. The second-order valence-electron chi connectivity index (χ2n) is 3.84. The number of carbonyl (C=O) groups excluding carboxylic acids is 1. The topological polar surface area (TPSA) is 29.5 Å². The number of nitrogens with zero attached hydrogens (tertiary/aromatic N) is 1. The van der Waals surface area contributed by atoms with Crippen LogP contribution in [0.5, 0.6) is 5.75 Å². The molecule has 1 aliphatic rings. The van der Waals surface area contributed by atoms with Gasteiger partial charge in [-0.1, -0.05) is 6.07 Å². The van der Waals surface area contributed by atoms with Crippen LogP contribution in [-0.4, -0.2) is 30.8 Å². The molecule has 1 heterocycles. The van der Waals surface area contributed by atoms with Crippen molar-refractivity contribution in [2.45, 2.75) is 12.8 Å². The van der Waals surface area contributed by atoms with E-state index in [-0.39, 0.29) is 17.2 Å². The van der Waals surface area contributed by atoms with Crippen LogP contribution in [0.1, 0.15) is 15.9 Å². The van der Waals surface area contributed by atoms with Crippen molar-refractivity contribution in [2.75, 3.05) is 13.6 Å². The van der Waals surface area contributed by atoms with Crippen molar-refractivity contribution >= 4 is 5.91 Å². The summed E-state index contributed by atoms with van der Waals surface area (Å²) >= 11 is 0. The van der Waals surface area contributed by atoms with Crippen molar-refractivity contribution in [3.8, 4) is 5.75 Å². The molecule has 92 valence electrons. The highest BCUT2D eigenvalue weighted by Gasteiger charge is 2.32. The van der Waals surface area contributed by atoms with E-state index in [4.69, 9.17) is 0 Å². The van der Waals surface area contributed by atoms with Gasteiger partial charge in [-0.15, -0.1) is 13.2 Å². The summed E-state index contributed by atoms with van der Waals surface area (Å²) in [7, 11) is 1.61. The van der Waals surface area contributed by atoms with E-state index in [1.807, 2.05) is 0 Å². The Morgan fingerprint density at radius 1 is 1.35 bits per heavy atom. The Labute approximate surface area is 95.8 Å². The van der Waals surface area contributed by atoms with Crippen molar-refractivity contribution < 1.29 is 22.7 Å². The van der Waals surface area contributed by atoms with Crippen LogP contribution in [0.3, 0.4) is 0 Å². The first kappa shape index (κ1) is 11.8. The highest BCUT2D eigenvalue weighted by molar-refractivity contribution is 5.97. The highest BCUT2D eigenvalue weighted by Crippen LogP contribution is 2.27. The zero-order chi connectivity index (χ0) is 12.6. The Hall–Kier alpha value is -1.72. The van der Waals surface area contributed by atoms with E-state index < -0.39 is 6.36 Å². The van der Waals surface area contributed by atoms with Gasteiger partial charge in [0.15, 0.2) is 0 Å². The maximum atomic E-state index is 12.0.